The number of allylic oxidation sites excluding steroid dienone is 1. The highest BCUT2D eigenvalue weighted by Gasteiger charge is 2.15. The number of rotatable bonds is 6. The van der Waals surface area contributed by atoms with Crippen molar-refractivity contribution in [1.29, 1.82) is 0 Å². The topological polar surface area (TPSA) is 82.3 Å². The Morgan fingerprint density at radius 2 is 1.97 bits per heavy atom. The van der Waals surface area contributed by atoms with Gasteiger partial charge >= 0.3 is 0 Å². The molecule has 34 heavy (non-hydrogen) atoms. The molecule has 0 saturated heterocycles. The number of benzene rings is 1. The van der Waals surface area contributed by atoms with E-state index in [-0.39, 0.29) is 0 Å². The number of fused-ring (bicyclic) bond motifs is 2. The summed E-state index contributed by atoms with van der Waals surface area (Å²) in [6.45, 7) is 6.09. The van der Waals surface area contributed by atoms with Gasteiger partial charge in [0.1, 0.15) is 5.69 Å². The Hall–Kier alpha value is -4.23. The van der Waals surface area contributed by atoms with E-state index in [1.807, 2.05) is 18.5 Å². The molecule has 0 atom stereocenters. The summed E-state index contributed by atoms with van der Waals surface area (Å²) in [7, 11) is 0. The van der Waals surface area contributed by atoms with Gasteiger partial charge in [-0.1, -0.05) is 31.7 Å². The van der Waals surface area contributed by atoms with Crippen molar-refractivity contribution >= 4 is 38.8 Å². The number of H-pyrrole nitrogens is 2. The first kappa shape index (κ1) is 20.4. The second-order valence-corrected chi connectivity index (χ2v) is 9.11. The first-order chi connectivity index (χ1) is 16.7. The summed E-state index contributed by atoms with van der Waals surface area (Å²) in [6.07, 6.45) is 6.29. The summed E-state index contributed by atoms with van der Waals surface area (Å²) in [5.74, 6) is 0. The molecule has 0 unspecified atom stereocenters. The maximum Gasteiger partial charge on any atom is 0.116 e. The van der Waals surface area contributed by atoms with Crippen LogP contribution < -0.4 is 5.32 Å². The van der Waals surface area contributed by atoms with Gasteiger partial charge in [0.05, 0.1) is 35.0 Å². The van der Waals surface area contributed by atoms with Gasteiger partial charge in [0, 0.05) is 44.2 Å². The van der Waals surface area contributed by atoms with E-state index in [1.54, 1.807) is 17.5 Å². The fraction of sp³-hybridized carbons (Fsp3) is 0.0741. The van der Waals surface area contributed by atoms with Crippen LogP contribution in [0.1, 0.15) is 13.3 Å². The molecule has 5 aromatic heterocycles. The van der Waals surface area contributed by atoms with Crippen molar-refractivity contribution in [3.8, 4) is 33.1 Å². The standard InChI is InChI=1S/C27H22N6S/c1-3-16(2)30-18-10-17(13-28-14-18)23-12-21-25(15-29-23)32-33-27(21)24-11-20-19(26-8-5-9-34-26)6-4-7-22(20)31-24/h4-15,30-31H,2-3H2,1H3,(H,32,33). The van der Waals surface area contributed by atoms with Crippen LogP contribution in [0.2, 0.25) is 0 Å². The highest BCUT2D eigenvalue weighted by molar-refractivity contribution is 7.13. The predicted molar refractivity (Wildman–Crippen MR) is 141 cm³/mol. The Kier molecular flexibility index (Phi) is 4.96. The summed E-state index contributed by atoms with van der Waals surface area (Å²) in [4.78, 5) is 13.8. The van der Waals surface area contributed by atoms with Crippen LogP contribution in [-0.4, -0.2) is 25.1 Å². The van der Waals surface area contributed by atoms with Crippen LogP contribution in [0, 0.1) is 0 Å². The van der Waals surface area contributed by atoms with E-state index in [0.29, 0.717) is 0 Å². The molecule has 0 fully saturated rings. The van der Waals surface area contributed by atoms with Gasteiger partial charge in [-0.15, -0.1) is 11.3 Å². The van der Waals surface area contributed by atoms with Crippen LogP contribution in [0.3, 0.4) is 0 Å². The Balaban J connectivity index is 1.43. The minimum atomic E-state index is 0.837. The first-order valence-corrected chi connectivity index (χ1v) is 12.0. The lowest BCUT2D eigenvalue weighted by molar-refractivity contribution is 1.11. The molecular formula is C27H22N6S. The van der Waals surface area contributed by atoms with Gasteiger partial charge in [-0.25, -0.2) is 0 Å². The van der Waals surface area contributed by atoms with E-state index >= 15 is 0 Å². The Labute approximate surface area is 200 Å². The van der Waals surface area contributed by atoms with Gasteiger partial charge in [-0.2, -0.15) is 5.10 Å². The zero-order valence-corrected chi connectivity index (χ0v) is 19.4. The molecule has 6 nitrogen and oxygen atoms in total. The van der Waals surface area contributed by atoms with E-state index in [1.165, 1.54) is 15.8 Å². The highest BCUT2D eigenvalue weighted by Crippen LogP contribution is 2.36. The number of pyridine rings is 2. The van der Waals surface area contributed by atoms with Gasteiger partial charge in [0.25, 0.3) is 0 Å². The zero-order valence-electron chi connectivity index (χ0n) is 18.6. The first-order valence-electron chi connectivity index (χ1n) is 11.1. The monoisotopic (exact) mass is 462 g/mol. The van der Waals surface area contributed by atoms with Crippen molar-refractivity contribution in [1.82, 2.24) is 25.1 Å². The van der Waals surface area contributed by atoms with Crippen LogP contribution in [0.5, 0.6) is 0 Å². The van der Waals surface area contributed by atoms with Crippen molar-refractivity contribution in [3.63, 3.8) is 0 Å². The number of thiophene rings is 1. The predicted octanol–water partition coefficient (Wildman–Crippen LogP) is 7.23. The van der Waals surface area contributed by atoms with Crippen LogP contribution in [0.4, 0.5) is 5.69 Å². The van der Waals surface area contributed by atoms with Crippen LogP contribution in [0.25, 0.3) is 54.9 Å². The van der Waals surface area contributed by atoms with Crippen LogP contribution in [-0.2, 0) is 0 Å². The third-order valence-corrected chi connectivity index (χ3v) is 6.84. The van der Waals surface area contributed by atoms with E-state index in [0.717, 1.165) is 56.9 Å². The summed E-state index contributed by atoms with van der Waals surface area (Å²) in [5, 5.41) is 15.3. The molecule has 6 aromatic rings. The SMILES string of the molecule is C=C(CC)Nc1cncc(-c2cc3c(-c4cc5c(-c6cccs6)cccc5[nH]4)n[nH]c3cn2)c1. The smallest absolute Gasteiger partial charge is 0.116 e. The fourth-order valence-corrected chi connectivity index (χ4v) is 4.92. The number of nitrogens with zero attached hydrogens (tertiary/aromatic N) is 3. The molecule has 0 aliphatic rings. The van der Waals surface area contributed by atoms with Gasteiger partial charge in [-0.3, -0.25) is 15.1 Å². The Bertz CT molecular complexity index is 1640. The van der Waals surface area contributed by atoms with Crippen molar-refractivity contribution < 1.29 is 0 Å². The van der Waals surface area contributed by atoms with Gasteiger partial charge in [0.2, 0.25) is 0 Å². The maximum atomic E-state index is 4.64. The second kappa shape index (κ2) is 8.28. The molecular weight excluding hydrogens is 440 g/mol. The molecule has 0 spiro atoms. The molecule has 1 aromatic carbocycles. The van der Waals surface area contributed by atoms with E-state index in [4.69, 9.17) is 0 Å². The Morgan fingerprint density at radius 1 is 1.03 bits per heavy atom. The molecule has 0 aliphatic carbocycles. The molecule has 5 heterocycles. The molecule has 0 aliphatic heterocycles. The molecule has 0 saturated carbocycles. The molecule has 0 radical (unpaired) electrons. The van der Waals surface area contributed by atoms with Crippen molar-refractivity contribution in [2.45, 2.75) is 13.3 Å². The zero-order chi connectivity index (χ0) is 23.1. The normalized spacial score (nSPS) is 11.3. The third kappa shape index (κ3) is 3.56. The van der Waals surface area contributed by atoms with Gasteiger partial charge in [-0.05, 0) is 42.1 Å². The molecule has 166 valence electrons. The van der Waals surface area contributed by atoms with Crippen LogP contribution >= 0.6 is 11.3 Å². The van der Waals surface area contributed by atoms with Crippen molar-refractivity contribution in [2.24, 2.45) is 0 Å². The van der Waals surface area contributed by atoms with Gasteiger partial charge in [0.15, 0.2) is 0 Å². The lowest BCUT2D eigenvalue weighted by Crippen LogP contribution is -1.97. The van der Waals surface area contributed by atoms with Crippen molar-refractivity contribution in [2.75, 3.05) is 5.32 Å². The summed E-state index contributed by atoms with van der Waals surface area (Å²) in [6, 6.07) is 16.9. The summed E-state index contributed by atoms with van der Waals surface area (Å²) < 4.78 is 0. The van der Waals surface area contributed by atoms with E-state index in [2.05, 4.69) is 91.8 Å². The highest BCUT2D eigenvalue weighted by atomic mass is 32.1. The molecule has 0 bridgehead atoms. The lowest BCUT2D eigenvalue weighted by Gasteiger charge is -2.08. The van der Waals surface area contributed by atoms with Crippen molar-refractivity contribution in [3.05, 3.63) is 84.8 Å². The molecule has 0 amide bonds. The largest absolute Gasteiger partial charge is 0.358 e. The van der Waals surface area contributed by atoms with Gasteiger partial charge < -0.3 is 10.3 Å². The minimum absolute atomic E-state index is 0.837. The van der Waals surface area contributed by atoms with E-state index < -0.39 is 0 Å². The second-order valence-electron chi connectivity index (χ2n) is 8.16. The number of nitrogens with one attached hydrogen (secondary N) is 3. The molecule has 7 heteroatoms. The summed E-state index contributed by atoms with van der Waals surface area (Å²) in [5.41, 5.74) is 8.65. The third-order valence-electron chi connectivity index (χ3n) is 5.94. The average Bonchev–Trinajstić information content (AvgIpc) is 3.62. The number of anilines is 1. The Morgan fingerprint density at radius 3 is 2.82 bits per heavy atom. The molecule has 6 rings (SSSR count). The quantitative estimate of drug-likeness (QED) is 0.244. The number of hydrogen-bond acceptors (Lipinski definition) is 5. The molecule has 3 N–H and O–H groups in total. The average molecular weight is 463 g/mol. The maximum absolute atomic E-state index is 4.64. The summed E-state index contributed by atoms with van der Waals surface area (Å²) >= 11 is 1.75. The lowest BCUT2D eigenvalue weighted by atomic mass is 10.1. The number of aromatic amines is 2. The minimum Gasteiger partial charge on any atom is -0.358 e. The number of hydrogen-bond donors (Lipinski definition) is 3. The van der Waals surface area contributed by atoms with Crippen LogP contribution in [0.15, 0.2) is 84.8 Å². The number of aromatic nitrogens is 5. The fourth-order valence-electron chi connectivity index (χ4n) is 4.15. The van der Waals surface area contributed by atoms with E-state index in [9.17, 15) is 0 Å².